The fourth-order valence-electron chi connectivity index (χ4n) is 1.21. The van der Waals surface area contributed by atoms with Crippen LogP contribution in [0.25, 0.3) is 0 Å². The Kier molecular flexibility index (Phi) is 3.63. The predicted octanol–water partition coefficient (Wildman–Crippen LogP) is 4.20. The molecule has 1 heterocycles. The lowest BCUT2D eigenvalue weighted by Crippen LogP contribution is -1.97. The zero-order chi connectivity index (χ0) is 11.5. The minimum atomic E-state index is -0.364. The van der Waals surface area contributed by atoms with Crippen LogP contribution in [0, 0.1) is 5.82 Å². The highest BCUT2D eigenvalue weighted by molar-refractivity contribution is 7.15. The van der Waals surface area contributed by atoms with Gasteiger partial charge in [-0.05, 0) is 18.2 Å². The Morgan fingerprint density at radius 2 is 2.12 bits per heavy atom. The normalized spacial score (nSPS) is 10.4. The highest BCUT2D eigenvalue weighted by Gasteiger charge is 2.01. The summed E-state index contributed by atoms with van der Waals surface area (Å²) in [6, 6.07) is 4.30. The van der Waals surface area contributed by atoms with Crippen molar-refractivity contribution in [1.29, 1.82) is 0 Å². The van der Waals surface area contributed by atoms with Gasteiger partial charge < -0.3 is 5.32 Å². The molecule has 0 bridgehead atoms. The number of nitrogens with one attached hydrogen (secondary N) is 1. The number of benzene rings is 1. The monoisotopic (exact) mass is 276 g/mol. The number of thiazole rings is 1. The molecule has 1 aromatic heterocycles. The molecule has 2 aromatic rings. The standard InChI is InChI=1S/C10H7Cl2FN2S/c11-6-1-7(13)3-8(2-6)14-4-9-5-15-10(12)16-9/h1-3,5,14H,4H2. The fourth-order valence-corrected chi connectivity index (χ4v) is 2.35. The molecule has 0 saturated heterocycles. The molecule has 0 atom stereocenters. The number of aromatic nitrogens is 1. The molecule has 1 aromatic carbocycles. The third-order valence-electron chi connectivity index (χ3n) is 1.85. The van der Waals surface area contributed by atoms with Crippen LogP contribution in [0.3, 0.4) is 0 Å². The molecule has 0 aliphatic rings. The van der Waals surface area contributed by atoms with Crippen molar-refractivity contribution in [2.24, 2.45) is 0 Å². The highest BCUT2D eigenvalue weighted by Crippen LogP contribution is 2.21. The first-order valence-corrected chi connectivity index (χ1v) is 6.01. The average Bonchev–Trinajstić information content (AvgIpc) is 2.60. The molecule has 0 spiro atoms. The molecule has 0 aliphatic heterocycles. The summed E-state index contributed by atoms with van der Waals surface area (Å²) in [6.07, 6.45) is 1.68. The summed E-state index contributed by atoms with van der Waals surface area (Å²) in [5, 5.41) is 3.41. The first-order valence-electron chi connectivity index (χ1n) is 4.43. The van der Waals surface area contributed by atoms with Crippen LogP contribution in [-0.4, -0.2) is 4.98 Å². The van der Waals surface area contributed by atoms with E-state index < -0.39 is 0 Å². The van der Waals surface area contributed by atoms with Gasteiger partial charge in [-0.15, -0.1) is 11.3 Å². The van der Waals surface area contributed by atoms with Crippen LogP contribution >= 0.6 is 34.5 Å². The molecule has 1 N–H and O–H groups in total. The van der Waals surface area contributed by atoms with E-state index in [4.69, 9.17) is 23.2 Å². The maximum absolute atomic E-state index is 13.0. The SMILES string of the molecule is Fc1cc(Cl)cc(NCc2cnc(Cl)s2)c1. The largest absolute Gasteiger partial charge is 0.380 e. The summed E-state index contributed by atoms with van der Waals surface area (Å²) in [5.74, 6) is -0.364. The molecular weight excluding hydrogens is 270 g/mol. The Hall–Kier alpha value is -0.840. The molecule has 2 rings (SSSR count). The van der Waals surface area contributed by atoms with Crippen molar-refractivity contribution >= 4 is 40.2 Å². The van der Waals surface area contributed by atoms with E-state index in [1.165, 1.54) is 23.5 Å². The van der Waals surface area contributed by atoms with Crippen molar-refractivity contribution in [2.75, 3.05) is 5.32 Å². The van der Waals surface area contributed by atoms with E-state index in [1.54, 1.807) is 12.3 Å². The van der Waals surface area contributed by atoms with E-state index in [0.717, 1.165) is 4.88 Å². The smallest absolute Gasteiger partial charge is 0.183 e. The predicted molar refractivity (Wildman–Crippen MR) is 65.9 cm³/mol. The molecule has 0 fully saturated rings. The maximum atomic E-state index is 13.0. The Morgan fingerprint density at radius 3 is 2.75 bits per heavy atom. The van der Waals surface area contributed by atoms with Gasteiger partial charge in [0.05, 0.1) is 6.54 Å². The molecule has 0 radical (unpaired) electrons. The highest BCUT2D eigenvalue weighted by atomic mass is 35.5. The Balaban J connectivity index is 2.04. The summed E-state index contributed by atoms with van der Waals surface area (Å²) < 4.78 is 13.5. The summed E-state index contributed by atoms with van der Waals surface area (Å²) >= 11 is 12.8. The number of nitrogens with zero attached hydrogens (tertiary/aromatic N) is 1. The van der Waals surface area contributed by atoms with E-state index in [9.17, 15) is 4.39 Å². The first kappa shape index (κ1) is 11.6. The molecule has 16 heavy (non-hydrogen) atoms. The van der Waals surface area contributed by atoms with E-state index in [-0.39, 0.29) is 5.82 Å². The van der Waals surface area contributed by atoms with Gasteiger partial charge in [-0.2, -0.15) is 0 Å². The first-order chi connectivity index (χ1) is 7.63. The van der Waals surface area contributed by atoms with Crippen molar-refractivity contribution in [3.8, 4) is 0 Å². The van der Waals surface area contributed by atoms with Gasteiger partial charge in [0.15, 0.2) is 4.47 Å². The molecule has 0 saturated carbocycles. The minimum absolute atomic E-state index is 0.364. The lowest BCUT2D eigenvalue weighted by Gasteiger charge is -2.04. The van der Waals surface area contributed by atoms with Gasteiger partial charge in [-0.1, -0.05) is 23.2 Å². The second-order valence-corrected chi connectivity index (χ2v) is 5.22. The van der Waals surface area contributed by atoms with Gasteiger partial charge in [0.25, 0.3) is 0 Å². The zero-order valence-electron chi connectivity index (χ0n) is 8.01. The van der Waals surface area contributed by atoms with E-state index in [1.807, 2.05) is 0 Å². The van der Waals surface area contributed by atoms with Gasteiger partial charge >= 0.3 is 0 Å². The van der Waals surface area contributed by atoms with Crippen LogP contribution in [0.15, 0.2) is 24.4 Å². The maximum Gasteiger partial charge on any atom is 0.183 e. The van der Waals surface area contributed by atoms with Crippen LogP contribution in [-0.2, 0) is 6.54 Å². The third-order valence-corrected chi connectivity index (χ3v) is 3.19. The minimum Gasteiger partial charge on any atom is -0.380 e. The Labute approximate surface area is 106 Å². The number of hydrogen-bond acceptors (Lipinski definition) is 3. The Morgan fingerprint density at radius 1 is 1.31 bits per heavy atom. The zero-order valence-corrected chi connectivity index (χ0v) is 10.3. The lowest BCUT2D eigenvalue weighted by atomic mass is 10.3. The third kappa shape index (κ3) is 3.07. The summed E-state index contributed by atoms with van der Waals surface area (Å²) in [4.78, 5) is 4.89. The number of halogens is 3. The van der Waals surface area contributed by atoms with Crippen molar-refractivity contribution in [1.82, 2.24) is 4.98 Å². The van der Waals surface area contributed by atoms with E-state index in [0.29, 0.717) is 21.7 Å². The average molecular weight is 277 g/mol. The van der Waals surface area contributed by atoms with Gasteiger partial charge in [-0.3, -0.25) is 0 Å². The van der Waals surface area contributed by atoms with Gasteiger partial charge in [0.1, 0.15) is 5.82 Å². The number of anilines is 1. The van der Waals surface area contributed by atoms with Crippen LogP contribution in [0.2, 0.25) is 9.49 Å². The Bertz CT molecular complexity index is 481. The van der Waals surface area contributed by atoms with Crippen LogP contribution < -0.4 is 5.32 Å². The molecule has 84 valence electrons. The number of hydrogen-bond donors (Lipinski definition) is 1. The topological polar surface area (TPSA) is 24.9 Å². The second-order valence-electron chi connectivity index (χ2n) is 3.09. The van der Waals surface area contributed by atoms with Crippen molar-refractivity contribution in [3.63, 3.8) is 0 Å². The molecule has 0 amide bonds. The molecule has 0 aliphatic carbocycles. The van der Waals surface area contributed by atoms with Crippen molar-refractivity contribution in [2.45, 2.75) is 6.54 Å². The lowest BCUT2D eigenvalue weighted by molar-refractivity contribution is 0.628. The van der Waals surface area contributed by atoms with E-state index in [2.05, 4.69) is 10.3 Å². The van der Waals surface area contributed by atoms with Crippen LogP contribution in [0.4, 0.5) is 10.1 Å². The second kappa shape index (κ2) is 4.99. The van der Waals surface area contributed by atoms with Crippen molar-refractivity contribution < 1.29 is 4.39 Å². The van der Waals surface area contributed by atoms with Crippen LogP contribution in [0.1, 0.15) is 4.88 Å². The van der Waals surface area contributed by atoms with Crippen molar-refractivity contribution in [3.05, 3.63) is 44.6 Å². The summed E-state index contributed by atoms with van der Waals surface area (Å²) in [5.41, 5.74) is 0.634. The van der Waals surface area contributed by atoms with Gasteiger partial charge in [-0.25, -0.2) is 9.37 Å². The molecular formula is C10H7Cl2FN2S. The van der Waals surface area contributed by atoms with Gasteiger partial charge in [0, 0.05) is 21.8 Å². The molecule has 2 nitrogen and oxygen atoms in total. The summed E-state index contributed by atoms with van der Waals surface area (Å²) in [7, 11) is 0. The molecule has 0 unspecified atom stereocenters. The quantitative estimate of drug-likeness (QED) is 0.909. The summed E-state index contributed by atoms with van der Waals surface area (Å²) in [6.45, 7) is 0.546. The fraction of sp³-hybridized carbons (Fsp3) is 0.100. The van der Waals surface area contributed by atoms with Crippen LogP contribution in [0.5, 0.6) is 0 Å². The van der Waals surface area contributed by atoms with E-state index >= 15 is 0 Å². The van der Waals surface area contributed by atoms with Gasteiger partial charge in [0.2, 0.25) is 0 Å². The number of rotatable bonds is 3. The molecule has 6 heteroatoms.